The van der Waals surface area contributed by atoms with Gasteiger partial charge in [0.2, 0.25) is 10.0 Å². The molecule has 2 bridgehead atoms. The molecule has 0 unspecified atom stereocenters. The van der Waals surface area contributed by atoms with Crippen molar-refractivity contribution in [2.75, 3.05) is 27.2 Å². The largest absolute Gasteiger partial charge is 0.452 e. The highest BCUT2D eigenvalue weighted by Crippen LogP contribution is 2.53. The van der Waals surface area contributed by atoms with Gasteiger partial charge in [0.15, 0.2) is 6.61 Å². The smallest absolute Gasteiger partial charge is 0.338 e. The highest BCUT2D eigenvalue weighted by Gasteiger charge is 2.53. The van der Waals surface area contributed by atoms with Gasteiger partial charge in [0.1, 0.15) is 0 Å². The Labute approximate surface area is 173 Å². The summed E-state index contributed by atoms with van der Waals surface area (Å²) >= 11 is 0. The molecule has 0 radical (unpaired) electrons. The predicted molar refractivity (Wildman–Crippen MR) is 109 cm³/mol. The maximum atomic E-state index is 13.4. The number of benzene rings is 1. The Morgan fingerprint density at radius 3 is 2.55 bits per heavy atom. The number of sulfonamides is 1. The zero-order valence-electron chi connectivity index (χ0n) is 17.8. The second kappa shape index (κ2) is 7.40. The SMILES string of the molecule is CN(C)C(=O)COC(=O)c1cccc(S(=O)(=O)N2C[C@@]3(C)C[C@@H]2CC(C)(C)C3)c1. The third kappa shape index (κ3) is 4.48. The molecule has 7 nitrogen and oxygen atoms in total. The minimum absolute atomic E-state index is 0.0252. The minimum atomic E-state index is -3.73. The third-order valence-corrected chi connectivity index (χ3v) is 7.76. The molecule has 1 aliphatic heterocycles. The first-order chi connectivity index (χ1) is 13.3. The minimum Gasteiger partial charge on any atom is -0.452 e. The van der Waals surface area contributed by atoms with E-state index in [2.05, 4.69) is 20.8 Å². The van der Waals surface area contributed by atoms with Crippen LogP contribution in [0.4, 0.5) is 0 Å². The Hall–Kier alpha value is -1.93. The zero-order chi connectivity index (χ0) is 21.6. The van der Waals surface area contributed by atoms with Gasteiger partial charge in [0, 0.05) is 26.7 Å². The van der Waals surface area contributed by atoms with E-state index in [4.69, 9.17) is 4.74 Å². The maximum Gasteiger partial charge on any atom is 0.338 e. The fourth-order valence-electron chi connectivity index (χ4n) is 4.95. The van der Waals surface area contributed by atoms with Gasteiger partial charge in [-0.15, -0.1) is 0 Å². The van der Waals surface area contributed by atoms with Crippen molar-refractivity contribution >= 4 is 21.9 Å². The first kappa shape index (κ1) is 21.8. The number of hydrogen-bond donors (Lipinski definition) is 0. The molecule has 1 saturated carbocycles. The first-order valence-electron chi connectivity index (χ1n) is 9.82. The molecule has 1 aromatic carbocycles. The predicted octanol–water partition coefficient (Wildman–Crippen LogP) is 2.52. The van der Waals surface area contributed by atoms with Gasteiger partial charge in [-0.3, -0.25) is 4.79 Å². The number of carbonyl (C=O) groups excluding carboxylic acids is 2. The molecule has 8 heteroatoms. The van der Waals surface area contributed by atoms with Crippen LogP contribution >= 0.6 is 0 Å². The maximum absolute atomic E-state index is 13.4. The molecule has 1 saturated heterocycles. The average Bonchev–Trinajstić information content (AvgIpc) is 2.88. The molecule has 1 amide bonds. The van der Waals surface area contributed by atoms with E-state index in [1.807, 2.05) is 0 Å². The Morgan fingerprint density at radius 2 is 1.90 bits per heavy atom. The van der Waals surface area contributed by atoms with Gasteiger partial charge >= 0.3 is 5.97 Å². The lowest BCUT2D eigenvalue weighted by molar-refractivity contribution is -0.131. The van der Waals surface area contributed by atoms with Crippen molar-refractivity contribution in [2.24, 2.45) is 10.8 Å². The lowest BCUT2D eigenvalue weighted by Crippen LogP contribution is -2.37. The summed E-state index contributed by atoms with van der Waals surface area (Å²) in [5.74, 6) is -1.06. The lowest BCUT2D eigenvalue weighted by atomic mass is 9.65. The molecule has 1 aliphatic carbocycles. The van der Waals surface area contributed by atoms with E-state index in [0.717, 1.165) is 19.3 Å². The molecular weight excluding hydrogens is 392 g/mol. The zero-order valence-corrected chi connectivity index (χ0v) is 18.6. The molecule has 3 rings (SSSR count). The molecule has 2 fully saturated rings. The van der Waals surface area contributed by atoms with E-state index < -0.39 is 16.0 Å². The molecule has 160 valence electrons. The highest BCUT2D eigenvalue weighted by molar-refractivity contribution is 7.89. The summed E-state index contributed by atoms with van der Waals surface area (Å²) in [5, 5.41) is 0. The van der Waals surface area contributed by atoms with Gasteiger partial charge in [0.25, 0.3) is 5.91 Å². The van der Waals surface area contributed by atoms with Crippen LogP contribution in [0, 0.1) is 10.8 Å². The van der Waals surface area contributed by atoms with Crippen LogP contribution in [0.15, 0.2) is 29.2 Å². The molecule has 0 spiro atoms. The van der Waals surface area contributed by atoms with Crippen molar-refractivity contribution in [1.82, 2.24) is 9.21 Å². The summed E-state index contributed by atoms with van der Waals surface area (Å²) in [6.45, 7) is 6.66. The van der Waals surface area contributed by atoms with Crippen molar-refractivity contribution in [2.45, 2.75) is 51.0 Å². The lowest BCUT2D eigenvalue weighted by Gasteiger charge is -2.39. The van der Waals surface area contributed by atoms with Crippen LogP contribution in [0.1, 0.15) is 50.4 Å². The van der Waals surface area contributed by atoms with Crippen LogP contribution < -0.4 is 0 Å². The van der Waals surface area contributed by atoms with Crippen molar-refractivity contribution in [3.63, 3.8) is 0 Å². The van der Waals surface area contributed by atoms with Crippen LogP contribution in [0.5, 0.6) is 0 Å². The van der Waals surface area contributed by atoms with E-state index in [9.17, 15) is 18.0 Å². The number of ether oxygens (including phenoxy) is 1. The van der Waals surface area contributed by atoms with Crippen LogP contribution in [0.25, 0.3) is 0 Å². The van der Waals surface area contributed by atoms with Gasteiger partial charge in [-0.2, -0.15) is 4.31 Å². The number of hydrogen-bond acceptors (Lipinski definition) is 5. The Bertz CT molecular complexity index is 925. The van der Waals surface area contributed by atoms with Crippen molar-refractivity contribution in [3.05, 3.63) is 29.8 Å². The van der Waals surface area contributed by atoms with E-state index in [0.29, 0.717) is 6.54 Å². The van der Waals surface area contributed by atoms with Crippen LogP contribution in [-0.2, 0) is 19.6 Å². The van der Waals surface area contributed by atoms with Crippen LogP contribution in [0.2, 0.25) is 0 Å². The standard InChI is InChI=1S/C21H30N2O5S/c1-20(2)10-16-11-21(3,13-20)14-23(16)29(26,27)17-8-6-7-15(9-17)19(25)28-12-18(24)22(4)5/h6-9,16H,10-14H2,1-5H3/t16-,21-/m0/s1. The van der Waals surface area contributed by atoms with Crippen molar-refractivity contribution < 1.29 is 22.7 Å². The number of nitrogens with zero attached hydrogens (tertiary/aromatic N) is 2. The summed E-state index contributed by atoms with van der Waals surface area (Å²) in [6.07, 6.45) is 2.69. The van der Waals surface area contributed by atoms with Crippen molar-refractivity contribution in [3.8, 4) is 0 Å². The molecule has 2 aliphatic rings. The van der Waals surface area contributed by atoms with Crippen molar-refractivity contribution in [1.29, 1.82) is 0 Å². The molecule has 2 atom stereocenters. The fourth-order valence-corrected chi connectivity index (χ4v) is 6.77. The summed E-state index contributed by atoms with van der Waals surface area (Å²) in [7, 11) is -0.598. The number of fused-ring (bicyclic) bond motifs is 2. The van der Waals surface area contributed by atoms with Gasteiger partial charge in [-0.05, 0) is 48.3 Å². The highest BCUT2D eigenvalue weighted by atomic mass is 32.2. The number of likely N-dealkylation sites (N-methyl/N-ethyl adjacent to an activating group) is 1. The number of amides is 1. The molecule has 0 N–H and O–H groups in total. The number of esters is 1. The van der Waals surface area contributed by atoms with E-state index in [1.165, 1.54) is 29.2 Å². The second-order valence-corrected chi connectivity index (χ2v) is 11.5. The molecule has 0 aromatic heterocycles. The average molecular weight is 423 g/mol. The van der Waals surface area contributed by atoms with E-state index in [1.54, 1.807) is 18.4 Å². The molecule has 1 heterocycles. The van der Waals surface area contributed by atoms with Gasteiger partial charge in [-0.25, -0.2) is 13.2 Å². The van der Waals surface area contributed by atoms with Gasteiger partial charge < -0.3 is 9.64 Å². The molecular formula is C21H30N2O5S. The molecule has 1 aromatic rings. The molecule has 29 heavy (non-hydrogen) atoms. The number of carbonyl (C=O) groups is 2. The summed E-state index contributed by atoms with van der Waals surface area (Å²) in [4.78, 5) is 25.3. The summed E-state index contributed by atoms with van der Waals surface area (Å²) in [5.41, 5.74) is 0.195. The van der Waals surface area contributed by atoms with Crippen LogP contribution in [0.3, 0.4) is 0 Å². The fraction of sp³-hybridized carbons (Fsp3) is 0.619. The van der Waals surface area contributed by atoms with E-state index >= 15 is 0 Å². The summed E-state index contributed by atoms with van der Waals surface area (Å²) in [6, 6.07) is 5.85. The van der Waals surface area contributed by atoms with Gasteiger partial charge in [0.05, 0.1) is 10.5 Å². The topological polar surface area (TPSA) is 84.0 Å². The first-order valence-corrected chi connectivity index (χ1v) is 11.3. The normalized spacial score (nSPS) is 26.2. The quantitative estimate of drug-likeness (QED) is 0.681. The summed E-state index contributed by atoms with van der Waals surface area (Å²) < 4.78 is 33.4. The second-order valence-electron chi connectivity index (χ2n) is 9.66. The number of rotatable bonds is 5. The third-order valence-electron chi connectivity index (χ3n) is 5.87. The van der Waals surface area contributed by atoms with E-state index in [-0.39, 0.29) is 39.8 Å². The van der Waals surface area contributed by atoms with Crippen LogP contribution in [-0.4, -0.2) is 62.8 Å². The Kier molecular flexibility index (Phi) is 5.55. The monoisotopic (exact) mass is 422 g/mol. The Morgan fingerprint density at radius 1 is 1.21 bits per heavy atom. The van der Waals surface area contributed by atoms with Gasteiger partial charge in [-0.1, -0.05) is 26.8 Å². The Balaban J connectivity index is 1.81.